The Hall–Kier alpha value is -2.16. The second kappa shape index (κ2) is 4.19. The molecule has 96 valence electrons. The summed E-state index contributed by atoms with van der Waals surface area (Å²) in [6, 6.07) is 8.14. The Morgan fingerprint density at radius 1 is 0.947 bits per heavy atom. The molecule has 0 atom stereocenters. The number of rotatable bonds is 1. The van der Waals surface area contributed by atoms with E-state index in [2.05, 4.69) is 36.8 Å². The number of aryl methyl sites for hydroxylation is 3. The standard InChI is InChI=1S/C16H17N3/c1-9-8-14-15(12(4)11(9)3)19-16(18-14)13-7-5-6-10(2)17-13/h5-8H,1-4H3,(H,18,19). The number of nitrogens with one attached hydrogen (secondary N) is 1. The molecule has 3 rings (SSSR count). The molecule has 0 fully saturated rings. The van der Waals surface area contributed by atoms with Gasteiger partial charge in [-0.05, 0) is 62.6 Å². The molecule has 0 bridgehead atoms. The predicted octanol–water partition coefficient (Wildman–Crippen LogP) is 3.86. The van der Waals surface area contributed by atoms with Crippen LogP contribution < -0.4 is 0 Å². The Labute approximate surface area is 112 Å². The molecule has 0 saturated heterocycles. The maximum absolute atomic E-state index is 4.71. The van der Waals surface area contributed by atoms with E-state index in [-0.39, 0.29) is 0 Å². The van der Waals surface area contributed by atoms with E-state index in [0.717, 1.165) is 28.2 Å². The van der Waals surface area contributed by atoms with Crippen molar-refractivity contribution in [2.24, 2.45) is 0 Å². The van der Waals surface area contributed by atoms with Crippen LogP contribution in [0.4, 0.5) is 0 Å². The summed E-state index contributed by atoms with van der Waals surface area (Å²) < 4.78 is 0. The molecule has 2 heterocycles. The quantitative estimate of drug-likeness (QED) is 0.713. The lowest BCUT2D eigenvalue weighted by Gasteiger charge is -2.04. The number of benzene rings is 1. The van der Waals surface area contributed by atoms with Gasteiger partial charge in [0, 0.05) is 5.69 Å². The number of hydrogen-bond acceptors (Lipinski definition) is 2. The fourth-order valence-electron chi connectivity index (χ4n) is 2.37. The maximum Gasteiger partial charge on any atom is 0.157 e. The van der Waals surface area contributed by atoms with Crippen molar-refractivity contribution in [2.45, 2.75) is 27.7 Å². The minimum absolute atomic E-state index is 0.840. The van der Waals surface area contributed by atoms with Crippen molar-refractivity contribution < 1.29 is 0 Å². The van der Waals surface area contributed by atoms with E-state index in [1.807, 2.05) is 25.1 Å². The average molecular weight is 251 g/mol. The lowest BCUT2D eigenvalue weighted by Crippen LogP contribution is -1.88. The van der Waals surface area contributed by atoms with Gasteiger partial charge in [-0.2, -0.15) is 0 Å². The van der Waals surface area contributed by atoms with Crippen molar-refractivity contribution in [2.75, 3.05) is 0 Å². The molecule has 0 aliphatic rings. The first-order valence-electron chi connectivity index (χ1n) is 6.47. The van der Waals surface area contributed by atoms with E-state index < -0.39 is 0 Å². The number of nitrogens with zero attached hydrogens (tertiary/aromatic N) is 2. The van der Waals surface area contributed by atoms with Crippen LogP contribution >= 0.6 is 0 Å². The van der Waals surface area contributed by atoms with Gasteiger partial charge in [-0.1, -0.05) is 6.07 Å². The van der Waals surface area contributed by atoms with Gasteiger partial charge in [-0.25, -0.2) is 9.97 Å². The van der Waals surface area contributed by atoms with Gasteiger partial charge in [-0.3, -0.25) is 0 Å². The lowest BCUT2D eigenvalue weighted by molar-refractivity contribution is 1.17. The molecular formula is C16H17N3. The Morgan fingerprint density at radius 3 is 2.47 bits per heavy atom. The second-order valence-corrected chi connectivity index (χ2v) is 5.09. The van der Waals surface area contributed by atoms with Crippen LogP contribution in [0.1, 0.15) is 22.4 Å². The van der Waals surface area contributed by atoms with Crippen molar-refractivity contribution in [3.05, 3.63) is 46.6 Å². The molecule has 1 aromatic carbocycles. The zero-order valence-corrected chi connectivity index (χ0v) is 11.7. The molecule has 1 N–H and O–H groups in total. The number of aromatic nitrogens is 3. The van der Waals surface area contributed by atoms with E-state index in [0.29, 0.717) is 0 Å². The molecule has 0 unspecified atom stereocenters. The predicted molar refractivity (Wildman–Crippen MR) is 78.3 cm³/mol. The topological polar surface area (TPSA) is 41.6 Å². The fourth-order valence-corrected chi connectivity index (χ4v) is 2.37. The van der Waals surface area contributed by atoms with Gasteiger partial charge < -0.3 is 4.98 Å². The minimum Gasteiger partial charge on any atom is -0.337 e. The van der Waals surface area contributed by atoms with Crippen LogP contribution in [-0.4, -0.2) is 15.0 Å². The van der Waals surface area contributed by atoms with Crippen LogP contribution in [0.5, 0.6) is 0 Å². The molecule has 0 aliphatic carbocycles. The third-order valence-electron chi connectivity index (χ3n) is 3.73. The van der Waals surface area contributed by atoms with Crippen LogP contribution in [0.3, 0.4) is 0 Å². The molecule has 3 nitrogen and oxygen atoms in total. The summed E-state index contributed by atoms with van der Waals surface area (Å²) >= 11 is 0. The second-order valence-electron chi connectivity index (χ2n) is 5.09. The highest BCUT2D eigenvalue weighted by Crippen LogP contribution is 2.25. The molecule has 0 aliphatic heterocycles. The van der Waals surface area contributed by atoms with E-state index in [1.54, 1.807) is 0 Å². The SMILES string of the molecule is Cc1cccc(-c2nc3c(C)c(C)c(C)cc3[nH]2)n1. The van der Waals surface area contributed by atoms with Gasteiger partial charge >= 0.3 is 0 Å². The largest absolute Gasteiger partial charge is 0.337 e. The van der Waals surface area contributed by atoms with Crippen LogP contribution in [0.15, 0.2) is 24.3 Å². The van der Waals surface area contributed by atoms with Crippen LogP contribution in [0.25, 0.3) is 22.6 Å². The van der Waals surface area contributed by atoms with Gasteiger partial charge in [0.2, 0.25) is 0 Å². The zero-order valence-electron chi connectivity index (χ0n) is 11.7. The molecule has 3 aromatic rings. The summed E-state index contributed by atoms with van der Waals surface area (Å²) in [6.45, 7) is 8.39. The summed E-state index contributed by atoms with van der Waals surface area (Å²) in [5.41, 5.74) is 7.86. The maximum atomic E-state index is 4.71. The van der Waals surface area contributed by atoms with E-state index in [4.69, 9.17) is 4.98 Å². The van der Waals surface area contributed by atoms with Gasteiger partial charge in [0.25, 0.3) is 0 Å². The first-order chi connectivity index (χ1) is 9.06. The zero-order chi connectivity index (χ0) is 13.6. The summed E-state index contributed by atoms with van der Waals surface area (Å²) in [4.78, 5) is 12.6. The Bertz CT molecular complexity index is 769. The normalized spacial score (nSPS) is 11.2. The molecular weight excluding hydrogens is 234 g/mol. The van der Waals surface area contributed by atoms with Crippen molar-refractivity contribution in [3.8, 4) is 11.5 Å². The van der Waals surface area contributed by atoms with Crippen molar-refractivity contribution in [1.29, 1.82) is 0 Å². The highest BCUT2D eigenvalue weighted by molar-refractivity contribution is 5.83. The Kier molecular flexibility index (Phi) is 2.63. The molecule has 3 heteroatoms. The van der Waals surface area contributed by atoms with E-state index >= 15 is 0 Å². The number of pyridine rings is 1. The monoisotopic (exact) mass is 251 g/mol. The molecule has 0 spiro atoms. The lowest BCUT2D eigenvalue weighted by atomic mass is 10.0. The molecule has 0 saturated carbocycles. The first-order valence-corrected chi connectivity index (χ1v) is 6.47. The average Bonchev–Trinajstić information content (AvgIpc) is 2.80. The van der Waals surface area contributed by atoms with Crippen LogP contribution in [-0.2, 0) is 0 Å². The molecule has 19 heavy (non-hydrogen) atoms. The van der Waals surface area contributed by atoms with E-state index in [1.165, 1.54) is 16.7 Å². The number of hydrogen-bond donors (Lipinski definition) is 1. The van der Waals surface area contributed by atoms with Gasteiger partial charge in [0.05, 0.1) is 11.0 Å². The minimum atomic E-state index is 0.840. The van der Waals surface area contributed by atoms with Crippen LogP contribution in [0.2, 0.25) is 0 Å². The summed E-state index contributed by atoms with van der Waals surface area (Å²) in [5.74, 6) is 0.840. The fraction of sp³-hybridized carbons (Fsp3) is 0.250. The number of fused-ring (bicyclic) bond motifs is 1. The van der Waals surface area contributed by atoms with Crippen LogP contribution in [0, 0.1) is 27.7 Å². The first kappa shape index (κ1) is 11.9. The number of aromatic amines is 1. The molecule has 2 aromatic heterocycles. The smallest absolute Gasteiger partial charge is 0.157 e. The molecule has 0 amide bonds. The van der Waals surface area contributed by atoms with Crippen molar-refractivity contribution >= 4 is 11.0 Å². The van der Waals surface area contributed by atoms with E-state index in [9.17, 15) is 0 Å². The number of imidazole rings is 1. The molecule has 0 radical (unpaired) electrons. The number of H-pyrrole nitrogens is 1. The Balaban J connectivity index is 2.25. The third-order valence-corrected chi connectivity index (χ3v) is 3.73. The van der Waals surface area contributed by atoms with Crippen molar-refractivity contribution in [3.63, 3.8) is 0 Å². The summed E-state index contributed by atoms with van der Waals surface area (Å²) in [6.07, 6.45) is 0. The van der Waals surface area contributed by atoms with Gasteiger partial charge in [-0.15, -0.1) is 0 Å². The van der Waals surface area contributed by atoms with Crippen molar-refractivity contribution in [1.82, 2.24) is 15.0 Å². The highest BCUT2D eigenvalue weighted by atomic mass is 14.9. The Morgan fingerprint density at radius 2 is 1.74 bits per heavy atom. The third kappa shape index (κ3) is 1.91. The van der Waals surface area contributed by atoms with Gasteiger partial charge in [0.15, 0.2) is 5.82 Å². The highest BCUT2D eigenvalue weighted by Gasteiger charge is 2.11. The summed E-state index contributed by atoms with van der Waals surface area (Å²) in [7, 11) is 0. The summed E-state index contributed by atoms with van der Waals surface area (Å²) in [5, 5.41) is 0. The van der Waals surface area contributed by atoms with Gasteiger partial charge in [0.1, 0.15) is 5.69 Å².